The highest BCUT2D eigenvalue weighted by molar-refractivity contribution is 5.79. The number of anilines is 1. The number of aryl methyl sites for hydroxylation is 1. The zero-order valence-corrected chi connectivity index (χ0v) is 11.0. The number of imidazole rings is 1. The standard InChI is InChI=1S/C15H21N3/c1-11-8-9-13-14(10-11)18(15(16)17-13)12-6-4-2-3-5-7-12/h8-10,12H,2-7H2,1H3,(H2,16,17). The first-order valence-electron chi connectivity index (χ1n) is 7.00. The lowest BCUT2D eigenvalue weighted by molar-refractivity contribution is 0.459. The molecule has 1 aromatic carbocycles. The molecule has 1 aliphatic carbocycles. The molecule has 0 radical (unpaired) electrons. The first kappa shape index (κ1) is 11.6. The molecular weight excluding hydrogens is 222 g/mol. The number of nitrogens with two attached hydrogens (primary N) is 1. The van der Waals surface area contributed by atoms with Crippen LogP contribution < -0.4 is 5.73 Å². The quantitative estimate of drug-likeness (QED) is 0.774. The number of hydrogen-bond acceptors (Lipinski definition) is 2. The molecule has 1 fully saturated rings. The molecule has 1 heterocycles. The number of aromatic nitrogens is 2. The van der Waals surface area contributed by atoms with Crippen molar-refractivity contribution in [1.82, 2.24) is 9.55 Å². The molecule has 0 saturated heterocycles. The minimum atomic E-state index is 0.541. The molecule has 1 aliphatic rings. The summed E-state index contributed by atoms with van der Waals surface area (Å²) in [6, 6.07) is 6.93. The third-order valence-corrected chi connectivity index (χ3v) is 4.06. The predicted octanol–water partition coefficient (Wildman–Crippen LogP) is 3.82. The lowest BCUT2D eigenvalue weighted by Gasteiger charge is -2.18. The Kier molecular flexibility index (Phi) is 2.98. The van der Waals surface area contributed by atoms with Crippen molar-refractivity contribution in [1.29, 1.82) is 0 Å². The van der Waals surface area contributed by atoms with E-state index in [-0.39, 0.29) is 0 Å². The number of hydrogen-bond donors (Lipinski definition) is 1. The molecule has 0 atom stereocenters. The zero-order valence-electron chi connectivity index (χ0n) is 11.0. The Bertz CT molecular complexity index is 548. The summed E-state index contributed by atoms with van der Waals surface area (Å²) < 4.78 is 2.27. The van der Waals surface area contributed by atoms with Gasteiger partial charge in [-0.05, 0) is 37.5 Å². The molecule has 1 aromatic heterocycles. The van der Waals surface area contributed by atoms with Crippen LogP contribution in [0.25, 0.3) is 11.0 Å². The Morgan fingerprint density at radius 1 is 1.17 bits per heavy atom. The van der Waals surface area contributed by atoms with Gasteiger partial charge >= 0.3 is 0 Å². The number of nitrogen functional groups attached to an aromatic ring is 1. The molecule has 18 heavy (non-hydrogen) atoms. The van der Waals surface area contributed by atoms with Crippen LogP contribution >= 0.6 is 0 Å². The summed E-state index contributed by atoms with van der Waals surface area (Å²) in [5.41, 5.74) is 9.65. The summed E-state index contributed by atoms with van der Waals surface area (Å²) in [4.78, 5) is 4.50. The summed E-state index contributed by atoms with van der Waals surface area (Å²) in [6.07, 6.45) is 7.84. The Hall–Kier alpha value is -1.51. The third kappa shape index (κ3) is 1.98. The fourth-order valence-corrected chi connectivity index (χ4v) is 3.12. The molecule has 0 bridgehead atoms. The van der Waals surface area contributed by atoms with Crippen molar-refractivity contribution in [3.8, 4) is 0 Å². The van der Waals surface area contributed by atoms with Crippen molar-refractivity contribution in [3.05, 3.63) is 23.8 Å². The zero-order chi connectivity index (χ0) is 12.5. The second-order valence-corrected chi connectivity index (χ2v) is 5.48. The van der Waals surface area contributed by atoms with Gasteiger partial charge < -0.3 is 10.3 Å². The first-order valence-corrected chi connectivity index (χ1v) is 7.00. The first-order chi connectivity index (χ1) is 8.75. The second kappa shape index (κ2) is 4.63. The average Bonchev–Trinajstić information content (AvgIpc) is 2.55. The van der Waals surface area contributed by atoms with Gasteiger partial charge in [0.25, 0.3) is 0 Å². The minimum absolute atomic E-state index is 0.541. The van der Waals surface area contributed by atoms with Crippen LogP contribution in [0.1, 0.15) is 50.1 Å². The highest BCUT2D eigenvalue weighted by atomic mass is 15.2. The molecule has 0 aliphatic heterocycles. The number of fused-ring (bicyclic) bond motifs is 1. The van der Waals surface area contributed by atoms with Gasteiger partial charge in [-0.2, -0.15) is 0 Å². The lowest BCUT2D eigenvalue weighted by atomic mass is 10.1. The van der Waals surface area contributed by atoms with Crippen LogP contribution in [0, 0.1) is 6.92 Å². The topological polar surface area (TPSA) is 43.8 Å². The maximum atomic E-state index is 6.14. The van der Waals surface area contributed by atoms with Gasteiger partial charge in [0.05, 0.1) is 11.0 Å². The van der Waals surface area contributed by atoms with E-state index in [0.29, 0.717) is 12.0 Å². The van der Waals surface area contributed by atoms with Gasteiger partial charge in [0, 0.05) is 6.04 Å². The van der Waals surface area contributed by atoms with E-state index in [1.165, 1.54) is 49.6 Å². The van der Waals surface area contributed by atoms with Crippen molar-refractivity contribution in [2.45, 2.75) is 51.5 Å². The van der Waals surface area contributed by atoms with Crippen molar-refractivity contribution < 1.29 is 0 Å². The van der Waals surface area contributed by atoms with E-state index in [1.807, 2.05) is 0 Å². The maximum absolute atomic E-state index is 6.14. The molecule has 3 heteroatoms. The van der Waals surface area contributed by atoms with Crippen LogP contribution in [0.5, 0.6) is 0 Å². The molecule has 0 amide bonds. The summed E-state index contributed by atoms with van der Waals surface area (Å²) in [6.45, 7) is 2.13. The Labute approximate surface area is 108 Å². The van der Waals surface area contributed by atoms with E-state index >= 15 is 0 Å². The van der Waals surface area contributed by atoms with Crippen LogP contribution in [0.4, 0.5) is 5.95 Å². The van der Waals surface area contributed by atoms with Crippen LogP contribution in [0.2, 0.25) is 0 Å². The monoisotopic (exact) mass is 243 g/mol. The smallest absolute Gasteiger partial charge is 0.201 e. The predicted molar refractivity (Wildman–Crippen MR) is 75.6 cm³/mol. The van der Waals surface area contributed by atoms with Crippen LogP contribution in [-0.4, -0.2) is 9.55 Å². The van der Waals surface area contributed by atoms with Gasteiger partial charge in [-0.25, -0.2) is 4.98 Å². The van der Waals surface area contributed by atoms with E-state index in [2.05, 4.69) is 34.7 Å². The van der Waals surface area contributed by atoms with Crippen molar-refractivity contribution >= 4 is 17.0 Å². The van der Waals surface area contributed by atoms with Crippen LogP contribution in [0.15, 0.2) is 18.2 Å². The van der Waals surface area contributed by atoms with Crippen molar-refractivity contribution in [3.63, 3.8) is 0 Å². The van der Waals surface area contributed by atoms with E-state index in [9.17, 15) is 0 Å². The van der Waals surface area contributed by atoms with Gasteiger partial charge in [0.1, 0.15) is 0 Å². The summed E-state index contributed by atoms with van der Waals surface area (Å²) in [7, 11) is 0. The highest BCUT2D eigenvalue weighted by Gasteiger charge is 2.19. The number of nitrogens with zero attached hydrogens (tertiary/aromatic N) is 2. The minimum Gasteiger partial charge on any atom is -0.369 e. The molecule has 3 rings (SSSR count). The number of rotatable bonds is 1. The fourth-order valence-electron chi connectivity index (χ4n) is 3.12. The van der Waals surface area contributed by atoms with Gasteiger partial charge in [0.2, 0.25) is 5.95 Å². The van der Waals surface area contributed by atoms with E-state index in [4.69, 9.17) is 5.73 Å². The summed E-state index contributed by atoms with van der Waals surface area (Å²) in [5, 5.41) is 0. The van der Waals surface area contributed by atoms with E-state index < -0.39 is 0 Å². The van der Waals surface area contributed by atoms with Gasteiger partial charge in [-0.15, -0.1) is 0 Å². The van der Waals surface area contributed by atoms with E-state index in [0.717, 1.165) is 5.52 Å². The molecule has 1 saturated carbocycles. The number of benzene rings is 1. The van der Waals surface area contributed by atoms with Crippen molar-refractivity contribution in [2.24, 2.45) is 0 Å². The Morgan fingerprint density at radius 3 is 2.61 bits per heavy atom. The lowest BCUT2D eigenvalue weighted by Crippen LogP contribution is -2.11. The molecule has 3 nitrogen and oxygen atoms in total. The summed E-state index contributed by atoms with van der Waals surface area (Å²) >= 11 is 0. The summed E-state index contributed by atoms with van der Waals surface area (Å²) in [5.74, 6) is 0.683. The van der Waals surface area contributed by atoms with Gasteiger partial charge in [0.15, 0.2) is 0 Å². The van der Waals surface area contributed by atoms with Crippen LogP contribution in [0.3, 0.4) is 0 Å². The average molecular weight is 243 g/mol. The molecule has 0 spiro atoms. The molecule has 96 valence electrons. The Morgan fingerprint density at radius 2 is 1.89 bits per heavy atom. The van der Waals surface area contributed by atoms with Crippen molar-refractivity contribution in [2.75, 3.05) is 5.73 Å². The van der Waals surface area contributed by atoms with Gasteiger partial charge in [-0.3, -0.25) is 0 Å². The largest absolute Gasteiger partial charge is 0.369 e. The third-order valence-electron chi connectivity index (χ3n) is 4.06. The second-order valence-electron chi connectivity index (χ2n) is 5.48. The molecule has 2 N–H and O–H groups in total. The van der Waals surface area contributed by atoms with Gasteiger partial charge in [-0.1, -0.05) is 31.7 Å². The molecule has 2 aromatic rings. The molecular formula is C15H21N3. The van der Waals surface area contributed by atoms with E-state index in [1.54, 1.807) is 0 Å². The Balaban J connectivity index is 2.08. The van der Waals surface area contributed by atoms with Crippen LogP contribution in [-0.2, 0) is 0 Å². The highest BCUT2D eigenvalue weighted by Crippen LogP contribution is 2.32. The normalized spacial score (nSPS) is 18.1. The molecule has 0 unspecified atom stereocenters. The maximum Gasteiger partial charge on any atom is 0.201 e. The SMILES string of the molecule is Cc1ccc2nc(N)n(C3CCCCCC3)c2c1. The fraction of sp³-hybridized carbons (Fsp3) is 0.533.